The van der Waals surface area contributed by atoms with Gasteiger partial charge in [-0.3, -0.25) is 14.7 Å². The highest BCUT2D eigenvalue weighted by atomic mass is 16.3. The SMILES string of the molecule is Cc1ncc(CCCCNC(=O)[C@H](Cc2ccc(O)cc2)N(C)C)cc1CCc1ccccc1. The second-order valence-electron chi connectivity index (χ2n) is 9.17. The maximum atomic E-state index is 12.7. The molecular weight excluding hydrogens is 422 g/mol. The van der Waals surface area contributed by atoms with Gasteiger partial charge in [0.15, 0.2) is 0 Å². The zero-order chi connectivity index (χ0) is 24.3. The molecule has 0 aliphatic rings. The summed E-state index contributed by atoms with van der Waals surface area (Å²) in [6.07, 6.45) is 7.52. The molecule has 2 N–H and O–H groups in total. The summed E-state index contributed by atoms with van der Waals surface area (Å²) in [6, 6.07) is 19.7. The molecule has 1 aromatic heterocycles. The number of likely N-dealkylation sites (N-methyl/N-ethyl adjacent to an activating group) is 1. The van der Waals surface area contributed by atoms with E-state index in [1.807, 2.05) is 37.3 Å². The number of nitrogens with zero attached hydrogens (tertiary/aromatic N) is 2. The summed E-state index contributed by atoms with van der Waals surface area (Å²) in [7, 11) is 3.84. The van der Waals surface area contributed by atoms with Crippen molar-refractivity contribution in [2.45, 2.75) is 51.5 Å². The van der Waals surface area contributed by atoms with Crippen LogP contribution in [0.15, 0.2) is 66.9 Å². The van der Waals surface area contributed by atoms with E-state index in [1.54, 1.807) is 12.1 Å². The highest BCUT2D eigenvalue weighted by Gasteiger charge is 2.20. The molecule has 0 spiro atoms. The third-order valence-corrected chi connectivity index (χ3v) is 6.26. The molecule has 5 heteroatoms. The topological polar surface area (TPSA) is 65.5 Å². The van der Waals surface area contributed by atoms with E-state index in [-0.39, 0.29) is 17.7 Å². The lowest BCUT2D eigenvalue weighted by Gasteiger charge is -2.23. The molecule has 1 amide bonds. The highest BCUT2D eigenvalue weighted by Crippen LogP contribution is 2.15. The van der Waals surface area contributed by atoms with Crippen LogP contribution in [0.1, 0.15) is 40.8 Å². The molecule has 0 fully saturated rings. The number of hydrogen-bond donors (Lipinski definition) is 2. The average molecular weight is 460 g/mol. The van der Waals surface area contributed by atoms with Gasteiger partial charge in [0, 0.05) is 18.4 Å². The van der Waals surface area contributed by atoms with Crippen LogP contribution in [-0.4, -0.2) is 47.6 Å². The fourth-order valence-electron chi connectivity index (χ4n) is 4.09. The number of aromatic hydroxyl groups is 1. The van der Waals surface area contributed by atoms with E-state index in [0.29, 0.717) is 13.0 Å². The molecule has 0 saturated carbocycles. The molecule has 2 aromatic carbocycles. The predicted molar refractivity (Wildman–Crippen MR) is 138 cm³/mol. The molecule has 0 radical (unpaired) electrons. The van der Waals surface area contributed by atoms with Crippen molar-refractivity contribution in [2.75, 3.05) is 20.6 Å². The first-order valence-corrected chi connectivity index (χ1v) is 12.1. The minimum atomic E-state index is -0.238. The van der Waals surface area contributed by atoms with Crippen molar-refractivity contribution in [1.29, 1.82) is 0 Å². The summed E-state index contributed by atoms with van der Waals surface area (Å²) < 4.78 is 0. The lowest BCUT2D eigenvalue weighted by molar-refractivity contribution is -0.125. The van der Waals surface area contributed by atoms with Crippen molar-refractivity contribution in [2.24, 2.45) is 0 Å². The Bertz CT molecular complexity index is 1030. The van der Waals surface area contributed by atoms with E-state index in [9.17, 15) is 9.90 Å². The van der Waals surface area contributed by atoms with Crippen LogP contribution >= 0.6 is 0 Å². The molecule has 3 aromatic rings. The number of hydrogen-bond acceptors (Lipinski definition) is 4. The molecular formula is C29H37N3O2. The Kier molecular flexibility index (Phi) is 9.65. The van der Waals surface area contributed by atoms with Gasteiger partial charge in [-0.15, -0.1) is 0 Å². The Balaban J connectivity index is 1.42. The fourth-order valence-corrected chi connectivity index (χ4v) is 4.09. The molecule has 5 nitrogen and oxygen atoms in total. The third-order valence-electron chi connectivity index (χ3n) is 6.26. The number of pyridine rings is 1. The van der Waals surface area contributed by atoms with E-state index >= 15 is 0 Å². The monoisotopic (exact) mass is 459 g/mol. The summed E-state index contributed by atoms with van der Waals surface area (Å²) >= 11 is 0. The van der Waals surface area contributed by atoms with Crippen molar-refractivity contribution in [1.82, 2.24) is 15.2 Å². The largest absolute Gasteiger partial charge is 0.508 e. The smallest absolute Gasteiger partial charge is 0.237 e. The predicted octanol–water partition coefficient (Wildman–Crippen LogP) is 4.49. The van der Waals surface area contributed by atoms with Gasteiger partial charge in [-0.2, -0.15) is 0 Å². The van der Waals surface area contributed by atoms with E-state index in [4.69, 9.17) is 0 Å². The normalized spacial score (nSPS) is 12.0. The molecule has 0 unspecified atom stereocenters. The summed E-state index contributed by atoms with van der Waals surface area (Å²) in [5.41, 5.74) is 6.07. The van der Waals surface area contributed by atoms with Gasteiger partial charge in [0.25, 0.3) is 0 Å². The van der Waals surface area contributed by atoms with Gasteiger partial charge in [0.05, 0.1) is 6.04 Å². The zero-order valence-electron chi connectivity index (χ0n) is 20.6. The first-order valence-electron chi connectivity index (χ1n) is 12.1. The minimum absolute atomic E-state index is 0.0401. The van der Waals surface area contributed by atoms with Gasteiger partial charge in [-0.05, 0) is 93.9 Å². The highest BCUT2D eigenvalue weighted by molar-refractivity contribution is 5.82. The van der Waals surface area contributed by atoms with Crippen molar-refractivity contribution in [3.05, 3.63) is 94.8 Å². The van der Waals surface area contributed by atoms with Gasteiger partial charge >= 0.3 is 0 Å². The maximum absolute atomic E-state index is 12.7. The van der Waals surface area contributed by atoms with E-state index < -0.39 is 0 Å². The molecule has 0 saturated heterocycles. The van der Waals surface area contributed by atoms with Crippen molar-refractivity contribution in [3.8, 4) is 5.75 Å². The third kappa shape index (κ3) is 7.99. The summed E-state index contributed by atoms with van der Waals surface area (Å²) in [4.78, 5) is 19.3. The van der Waals surface area contributed by atoms with Crippen LogP contribution in [0.5, 0.6) is 5.75 Å². The number of carbonyl (C=O) groups excluding carboxylic acids is 1. The number of aromatic nitrogens is 1. The van der Waals surface area contributed by atoms with Crippen LogP contribution in [0.2, 0.25) is 0 Å². The van der Waals surface area contributed by atoms with Gasteiger partial charge in [-0.1, -0.05) is 48.5 Å². The van der Waals surface area contributed by atoms with Crippen LogP contribution in [0.4, 0.5) is 0 Å². The standard InChI is InChI=1S/C29H37N3O2/c1-22-26(15-12-23-9-5-4-6-10-23)19-25(21-31-22)11-7-8-18-30-29(34)28(32(2)3)20-24-13-16-27(33)17-14-24/h4-6,9-10,13-14,16-17,19,21,28,33H,7-8,11-12,15,18,20H2,1-3H3,(H,30,34)/t28-/m0/s1. The molecule has 180 valence electrons. The lowest BCUT2D eigenvalue weighted by atomic mass is 10.0. The summed E-state index contributed by atoms with van der Waals surface area (Å²) in [6.45, 7) is 2.75. The Morgan fingerprint density at radius 3 is 2.38 bits per heavy atom. The number of amides is 1. The molecule has 0 aliphatic carbocycles. The van der Waals surface area contributed by atoms with E-state index in [0.717, 1.165) is 43.4 Å². The Morgan fingerprint density at radius 1 is 0.941 bits per heavy atom. The Morgan fingerprint density at radius 2 is 1.68 bits per heavy atom. The molecule has 0 aliphatic heterocycles. The Hall–Kier alpha value is -3.18. The van der Waals surface area contributed by atoms with E-state index in [1.165, 1.54) is 16.7 Å². The lowest BCUT2D eigenvalue weighted by Crippen LogP contribution is -2.45. The molecule has 1 heterocycles. The number of benzene rings is 2. The number of rotatable bonds is 12. The molecule has 1 atom stereocenters. The van der Waals surface area contributed by atoms with Gasteiger partial charge in [0.1, 0.15) is 5.75 Å². The quantitative estimate of drug-likeness (QED) is 0.392. The number of carbonyl (C=O) groups is 1. The van der Waals surface area contributed by atoms with Crippen LogP contribution < -0.4 is 5.32 Å². The number of aryl methyl sites for hydroxylation is 4. The first-order chi connectivity index (χ1) is 16.4. The Labute approximate surface area is 203 Å². The number of phenols is 1. The van der Waals surface area contributed by atoms with Crippen molar-refractivity contribution >= 4 is 5.91 Å². The molecule has 3 rings (SSSR count). The minimum Gasteiger partial charge on any atom is -0.508 e. The van der Waals surface area contributed by atoms with Crippen LogP contribution in [0.3, 0.4) is 0 Å². The van der Waals surface area contributed by atoms with Gasteiger partial charge in [0.2, 0.25) is 5.91 Å². The van der Waals surface area contributed by atoms with Crippen molar-refractivity contribution in [3.63, 3.8) is 0 Å². The van der Waals surface area contributed by atoms with E-state index in [2.05, 4.69) is 53.6 Å². The van der Waals surface area contributed by atoms with Crippen LogP contribution in [0.25, 0.3) is 0 Å². The molecule has 34 heavy (non-hydrogen) atoms. The van der Waals surface area contributed by atoms with Crippen molar-refractivity contribution < 1.29 is 9.90 Å². The van der Waals surface area contributed by atoms with Gasteiger partial charge < -0.3 is 10.4 Å². The average Bonchev–Trinajstić information content (AvgIpc) is 2.84. The van der Waals surface area contributed by atoms with Crippen LogP contribution in [0, 0.1) is 6.92 Å². The second-order valence-corrected chi connectivity index (χ2v) is 9.17. The van der Waals surface area contributed by atoms with Crippen LogP contribution in [-0.2, 0) is 30.5 Å². The van der Waals surface area contributed by atoms with Gasteiger partial charge in [-0.25, -0.2) is 0 Å². The second kappa shape index (κ2) is 12.9. The number of nitrogens with one attached hydrogen (secondary N) is 1. The summed E-state index contributed by atoms with van der Waals surface area (Å²) in [5.74, 6) is 0.278. The molecule has 0 bridgehead atoms. The maximum Gasteiger partial charge on any atom is 0.237 e. The fraction of sp³-hybridized carbons (Fsp3) is 0.379. The first kappa shape index (κ1) is 25.4. The number of phenolic OH excluding ortho intramolecular Hbond substituents is 1. The summed E-state index contributed by atoms with van der Waals surface area (Å²) in [5, 5.41) is 12.6. The number of unbranched alkanes of at least 4 members (excludes halogenated alkanes) is 1. The zero-order valence-corrected chi connectivity index (χ0v) is 20.6.